The molecule has 2 atom stereocenters. The number of para-hydroxylation sites is 1. The smallest absolute Gasteiger partial charge is 0.416 e. The Bertz CT molecular complexity index is 1220. The number of rotatable bonds is 6. The summed E-state index contributed by atoms with van der Waals surface area (Å²) in [6.45, 7) is 3.49. The number of halogens is 4. The first-order valence-corrected chi connectivity index (χ1v) is 11.7. The number of nitrogens with zero attached hydrogens (tertiary/aromatic N) is 1. The van der Waals surface area contributed by atoms with Gasteiger partial charge in [0.05, 0.1) is 17.2 Å². The Kier molecular flexibility index (Phi) is 7.09. The van der Waals surface area contributed by atoms with Gasteiger partial charge in [-0.15, -0.1) is 0 Å². The standard InChI is InChI=1S/C28H27F4NO3/c1-27(2,35)21-9-4-6-12-24(21)36-25(18-13-15-19(16-14-18)28(30,31)32)26(34)33-17-7-11-23(33)20-8-3-5-10-22(20)29/h3-6,8-10,12-16,23,25,35H,7,11,17H2,1-2H3. The topological polar surface area (TPSA) is 49.8 Å². The van der Waals surface area contributed by atoms with Gasteiger partial charge in [0.15, 0.2) is 0 Å². The lowest BCUT2D eigenvalue weighted by molar-refractivity contribution is -0.140. The Hall–Kier alpha value is -3.39. The summed E-state index contributed by atoms with van der Waals surface area (Å²) in [7, 11) is 0. The van der Waals surface area contributed by atoms with E-state index in [2.05, 4.69) is 0 Å². The zero-order valence-corrected chi connectivity index (χ0v) is 19.9. The van der Waals surface area contributed by atoms with E-state index < -0.39 is 41.2 Å². The molecule has 2 unspecified atom stereocenters. The van der Waals surface area contributed by atoms with E-state index in [4.69, 9.17) is 4.74 Å². The molecule has 0 aliphatic carbocycles. The Morgan fingerprint density at radius 1 is 1.00 bits per heavy atom. The number of alkyl halides is 3. The van der Waals surface area contributed by atoms with Gasteiger partial charge in [-0.2, -0.15) is 13.2 Å². The number of hydrogen-bond acceptors (Lipinski definition) is 3. The summed E-state index contributed by atoms with van der Waals surface area (Å²) in [6.07, 6.45) is -4.64. The van der Waals surface area contributed by atoms with E-state index in [-0.39, 0.29) is 11.3 Å². The molecule has 0 bridgehead atoms. The zero-order valence-electron chi connectivity index (χ0n) is 19.9. The number of likely N-dealkylation sites (tertiary alicyclic amines) is 1. The van der Waals surface area contributed by atoms with Crippen LogP contribution in [0.15, 0.2) is 72.8 Å². The van der Waals surface area contributed by atoms with Crippen molar-refractivity contribution in [3.05, 3.63) is 101 Å². The van der Waals surface area contributed by atoms with Gasteiger partial charge in [-0.3, -0.25) is 4.79 Å². The van der Waals surface area contributed by atoms with Gasteiger partial charge in [-0.1, -0.05) is 48.5 Å². The van der Waals surface area contributed by atoms with E-state index >= 15 is 0 Å². The van der Waals surface area contributed by atoms with Crippen molar-refractivity contribution in [2.75, 3.05) is 6.54 Å². The highest BCUT2D eigenvalue weighted by Gasteiger charge is 2.38. The number of ether oxygens (including phenoxy) is 1. The largest absolute Gasteiger partial charge is 0.475 e. The van der Waals surface area contributed by atoms with E-state index in [0.29, 0.717) is 30.5 Å². The van der Waals surface area contributed by atoms with Crippen LogP contribution in [-0.2, 0) is 16.6 Å². The predicted molar refractivity (Wildman–Crippen MR) is 127 cm³/mol. The molecule has 0 radical (unpaired) electrons. The third kappa shape index (κ3) is 5.38. The highest BCUT2D eigenvalue weighted by molar-refractivity contribution is 5.83. The van der Waals surface area contributed by atoms with Gasteiger partial charge in [-0.25, -0.2) is 4.39 Å². The molecule has 0 saturated carbocycles. The molecule has 1 aliphatic heterocycles. The van der Waals surface area contributed by atoms with E-state index in [9.17, 15) is 27.5 Å². The summed E-state index contributed by atoms with van der Waals surface area (Å²) >= 11 is 0. The molecule has 8 heteroatoms. The van der Waals surface area contributed by atoms with Crippen LogP contribution in [0, 0.1) is 5.82 Å². The van der Waals surface area contributed by atoms with Crippen molar-refractivity contribution < 1.29 is 32.2 Å². The molecule has 4 nitrogen and oxygen atoms in total. The second kappa shape index (κ2) is 9.93. The van der Waals surface area contributed by atoms with Crippen molar-refractivity contribution >= 4 is 5.91 Å². The number of aliphatic hydroxyl groups is 1. The van der Waals surface area contributed by atoms with Crippen LogP contribution in [0.3, 0.4) is 0 Å². The minimum Gasteiger partial charge on any atom is -0.475 e. The fourth-order valence-corrected chi connectivity index (χ4v) is 4.56. The number of benzene rings is 3. The minimum atomic E-state index is -4.53. The normalized spacial score (nSPS) is 17.2. The van der Waals surface area contributed by atoms with Crippen LogP contribution in [0.4, 0.5) is 17.6 Å². The maximum Gasteiger partial charge on any atom is 0.416 e. The summed E-state index contributed by atoms with van der Waals surface area (Å²) in [5, 5.41) is 10.6. The fraction of sp³-hybridized carbons (Fsp3) is 0.321. The minimum absolute atomic E-state index is 0.220. The van der Waals surface area contributed by atoms with Crippen molar-refractivity contribution in [2.45, 2.75) is 50.6 Å². The molecule has 1 amide bonds. The monoisotopic (exact) mass is 501 g/mol. The highest BCUT2D eigenvalue weighted by Crippen LogP contribution is 2.39. The SMILES string of the molecule is CC(C)(O)c1ccccc1OC(C(=O)N1CCCC1c1ccccc1F)c1ccc(C(F)(F)F)cc1. The maximum atomic E-state index is 14.6. The molecule has 1 fully saturated rings. The lowest BCUT2D eigenvalue weighted by Crippen LogP contribution is -2.37. The molecule has 1 aliphatic rings. The number of carbonyl (C=O) groups is 1. The number of carbonyl (C=O) groups excluding carboxylic acids is 1. The van der Waals surface area contributed by atoms with Gasteiger partial charge in [-0.05, 0) is 51.0 Å². The molecule has 190 valence electrons. The molecular formula is C28H27F4NO3. The summed E-state index contributed by atoms with van der Waals surface area (Å²) in [5.74, 6) is -0.697. The van der Waals surface area contributed by atoms with Gasteiger partial charge in [0.1, 0.15) is 11.6 Å². The van der Waals surface area contributed by atoms with E-state index in [1.165, 1.54) is 23.1 Å². The molecule has 0 spiro atoms. The van der Waals surface area contributed by atoms with Gasteiger partial charge in [0, 0.05) is 23.2 Å². The Morgan fingerprint density at radius 3 is 2.28 bits per heavy atom. The molecule has 1 N–H and O–H groups in total. The molecule has 4 rings (SSSR count). The van der Waals surface area contributed by atoms with Gasteiger partial charge in [0.25, 0.3) is 5.91 Å². The summed E-state index contributed by atoms with van der Waals surface area (Å²) in [6, 6.07) is 16.6. The summed E-state index contributed by atoms with van der Waals surface area (Å²) in [4.78, 5) is 15.4. The molecular weight excluding hydrogens is 474 g/mol. The average molecular weight is 502 g/mol. The van der Waals surface area contributed by atoms with Gasteiger partial charge < -0.3 is 14.7 Å². The van der Waals surface area contributed by atoms with Gasteiger partial charge in [0.2, 0.25) is 6.10 Å². The first-order valence-electron chi connectivity index (χ1n) is 11.7. The zero-order chi connectivity index (χ0) is 26.1. The van der Waals surface area contributed by atoms with Crippen LogP contribution >= 0.6 is 0 Å². The molecule has 1 saturated heterocycles. The van der Waals surface area contributed by atoms with E-state index in [0.717, 1.165) is 12.1 Å². The Morgan fingerprint density at radius 2 is 1.64 bits per heavy atom. The molecule has 3 aromatic carbocycles. The molecule has 0 aromatic heterocycles. The van der Waals surface area contributed by atoms with Gasteiger partial charge >= 0.3 is 6.18 Å². The quantitative estimate of drug-likeness (QED) is 0.390. The van der Waals surface area contributed by atoms with Crippen LogP contribution in [0.1, 0.15) is 61.1 Å². The van der Waals surface area contributed by atoms with Crippen LogP contribution in [0.2, 0.25) is 0 Å². The van der Waals surface area contributed by atoms with Crippen molar-refractivity contribution in [1.82, 2.24) is 4.90 Å². The fourth-order valence-electron chi connectivity index (χ4n) is 4.56. The third-order valence-electron chi connectivity index (χ3n) is 6.36. The second-order valence-corrected chi connectivity index (χ2v) is 9.38. The van der Waals surface area contributed by atoms with E-state index in [1.807, 2.05) is 0 Å². The number of hydrogen-bond donors (Lipinski definition) is 1. The Balaban J connectivity index is 1.74. The predicted octanol–water partition coefficient (Wildman–Crippen LogP) is 6.56. The van der Waals surface area contributed by atoms with Crippen LogP contribution < -0.4 is 4.74 Å². The first-order chi connectivity index (χ1) is 17.0. The molecule has 3 aromatic rings. The first kappa shape index (κ1) is 25.7. The average Bonchev–Trinajstić information content (AvgIpc) is 3.31. The maximum absolute atomic E-state index is 14.6. The van der Waals surface area contributed by atoms with Crippen molar-refractivity contribution in [3.63, 3.8) is 0 Å². The van der Waals surface area contributed by atoms with Crippen molar-refractivity contribution in [1.29, 1.82) is 0 Å². The summed E-state index contributed by atoms with van der Waals surface area (Å²) < 4.78 is 60.2. The molecule has 36 heavy (non-hydrogen) atoms. The van der Waals surface area contributed by atoms with E-state index in [1.54, 1.807) is 56.3 Å². The van der Waals surface area contributed by atoms with Crippen LogP contribution in [-0.4, -0.2) is 22.5 Å². The lowest BCUT2D eigenvalue weighted by atomic mass is 9.97. The Labute approximate surface area is 207 Å². The highest BCUT2D eigenvalue weighted by atomic mass is 19.4. The lowest BCUT2D eigenvalue weighted by Gasteiger charge is -2.31. The van der Waals surface area contributed by atoms with Crippen LogP contribution in [0.25, 0.3) is 0 Å². The second-order valence-electron chi connectivity index (χ2n) is 9.38. The van der Waals surface area contributed by atoms with Crippen molar-refractivity contribution in [2.24, 2.45) is 0 Å². The summed E-state index contributed by atoms with van der Waals surface area (Å²) in [5.41, 5.74) is -1.13. The van der Waals surface area contributed by atoms with Crippen molar-refractivity contribution in [3.8, 4) is 5.75 Å². The van der Waals surface area contributed by atoms with Crippen LogP contribution in [0.5, 0.6) is 5.75 Å². The number of amides is 1. The third-order valence-corrected chi connectivity index (χ3v) is 6.36. The molecule has 1 heterocycles.